The number of hydrogen-bond acceptors (Lipinski definition) is 8. The minimum Gasteiger partial charge on any atom is -0.462 e. The number of ether oxygens (including phenoxy) is 2. The first-order chi connectivity index (χ1) is 15.4. The van der Waals surface area contributed by atoms with E-state index in [9.17, 15) is 14.4 Å². The summed E-state index contributed by atoms with van der Waals surface area (Å²) >= 11 is 1.39. The average Bonchev–Trinajstić information content (AvgIpc) is 3.31. The van der Waals surface area contributed by atoms with E-state index in [2.05, 4.69) is 22.4 Å². The number of nitrogens with one attached hydrogen (secondary N) is 1. The van der Waals surface area contributed by atoms with Crippen LogP contribution in [0.5, 0.6) is 0 Å². The van der Waals surface area contributed by atoms with Crippen molar-refractivity contribution in [1.29, 1.82) is 0 Å². The molecule has 10 heteroatoms. The summed E-state index contributed by atoms with van der Waals surface area (Å²) in [6.45, 7) is 5.46. The molecule has 0 spiro atoms. The van der Waals surface area contributed by atoms with Crippen LogP contribution in [0.4, 0.5) is 5.00 Å². The number of nitrogens with zero attached hydrogens (tertiary/aromatic N) is 3. The van der Waals surface area contributed by atoms with Crippen molar-refractivity contribution in [3.8, 4) is 0 Å². The van der Waals surface area contributed by atoms with Crippen molar-refractivity contribution in [1.82, 2.24) is 14.6 Å². The fourth-order valence-corrected chi connectivity index (χ4v) is 5.18. The molecule has 0 aromatic carbocycles. The molecule has 1 amide bonds. The van der Waals surface area contributed by atoms with E-state index in [1.807, 2.05) is 0 Å². The number of hydrogen-bond donors (Lipinski definition) is 1. The maximum atomic E-state index is 12.6. The zero-order valence-corrected chi connectivity index (χ0v) is 19.0. The standard InChI is InChI=1S/C22H24N4O5S/c1-4-30-22(29)19-15-7-5-12(2)9-16(15)32-20(19)23-18(27)11-31-21(28)14-6-8-17-25-24-13(3)26(17)10-14/h6,8,10,12H,4-5,7,9,11H2,1-3H3,(H,23,27). The average molecular weight is 457 g/mol. The van der Waals surface area contributed by atoms with Crippen molar-refractivity contribution in [3.05, 3.63) is 45.7 Å². The molecule has 3 aromatic rings. The number of carbonyl (C=O) groups excluding carboxylic acids is 3. The molecule has 3 heterocycles. The van der Waals surface area contributed by atoms with Gasteiger partial charge in [-0.15, -0.1) is 21.5 Å². The first kappa shape index (κ1) is 21.9. The van der Waals surface area contributed by atoms with Gasteiger partial charge in [0.15, 0.2) is 12.3 Å². The number of anilines is 1. The van der Waals surface area contributed by atoms with E-state index >= 15 is 0 Å². The second-order valence-corrected chi connectivity index (χ2v) is 8.90. The smallest absolute Gasteiger partial charge is 0.341 e. The van der Waals surface area contributed by atoms with Gasteiger partial charge in [0.25, 0.3) is 5.91 Å². The van der Waals surface area contributed by atoms with Crippen LogP contribution in [0.1, 0.15) is 57.2 Å². The molecule has 0 aliphatic heterocycles. The highest BCUT2D eigenvalue weighted by Crippen LogP contribution is 2.40. The molecule has 3 aromatic heterocycles. The monoisotopic (exact) mass is 456 g/mol. The number of carbonyl (C=O) groups is 3. The lowest BCUT2D eigenvalue weighted by atomic mass is 9.88. The molecule has 0 fully saturated rings. The topological polar surface area (TPSA) is 112 Å². The van der Waals surface area contributed by atoms with Gasteiger partial charge in [0.1, 0.15) is 10.8 Å². The highest BCUT2D eigenvalue weighted by atomic mass is 32.1. The van der Waals surface area contributed by atoms with E-state index in [-0.39, 0.29) is 12.2 Å². The largest absolute Gasteiger partial charge is 0.462 e. The van der Waals surface area contributed by atoms with Gasteiger partial charge in [-0.2, -0.15) is 0 Å². The summed E-state index contributed by atoms with van der Waals surface area (Å²) < 4.78 is 12.1. The van der Waals surface area contributed by atoms with Crippen molar-refractivity contribution < 1.29 is 23.9 Å². The van der Waals surface area contributed by atoms with Gasteiger partial charge in [0, 0.05) is 11.1 Å². The zero-order valence-electron chi connectivity index (χ0n) is 18.1. The van der Waals surface area contributed by atoms with E-state index in [0.29, 0.717) is 28.0 Å². The molecule has 0 radical (unpaired) electrons. The number of rotatable bonds is 6. The Hall–Kier alpha value is -3.27. The first-order valence-electron chi connectivity index (χ1n) is 10.5. The van der Waals surface area contributed by atoms with Crippen LogP contribution in [0.15, 0.2) is 18.3 Å². The fourth-order valence-electron chi connectivity index (χ4n) is 3.76. The Morgan fingerprint density at radius 1 is 1.22 bits per heavy atom. The van der Waals surface area contributed by atoms with Crippen molar-refractivity contribution in [3.63, 3.8) is 0 Å². The predicted molar refractivity (Wildman–Crippen MR) is 118 cm³/mol. The number of amides is 1. The third kappa shape index (κ3) is 4.36. The zero-order chi connectivity index (χ0) is 22.8. The third-order valence-electron chi connectivity index (χ3n) is 5.39. The van der Waals surface area contributed by atoms with Gasteiger partial charge in [-0.1, -0.05) is 6.92 Å². The number of esters is 2. The Morgan fingerprint density at radius 3 is 2.81 bits per heavy atom. The molecular formula is C22H24N4O5S. The maximum Gasteiger partial charge on any atom is 0.341 e. The van der Waals surface area contributed by atoms with Crippen molar-refractivity contribution >= 4 is 39.8 Å². The summed E-state index contributed by atoms with van der Waals surface area (Å²) in [6.07, 6.45) is 4.19. The molecule has 1 aliphatic rings. The van der Waals surface area contributed by atoms with Gasteiger partial charge in [0.05, 0.1) is 17.7 Å². The summed E-state index contributed by atoms with van der Waals surface area (Å²) in [5, 5.41) is 11.1. The van der Waals surface area contributed by atoms with Crippen LogP contribution >= 0.6 is 11.3 Å². The molecule has 168 valence electrons. The SMILES string of the molecule is CCOC(=O)c1c(NC(=O)COC(=O)c2ccc3nnc(C)n3c2)sc2c1CCC(C)C2. The van der Waals surface area contributed by atoms with Gasteiger partial charge >= 0.3 is 11.9 Å². The van der Waals surface area contributed by atoms with Crippen LogP contribution in [-0.4, -0.2) is 45.7 Å². The number of aryl methyl sites for hydroxylation is 1. The molecule has 9 nitrogen and oxygen atoms in total. The van der Waals surface area contributed by atoms with Crippen LogP contribution in [0.2, 0.25) is 0 Å². The molecule has 1 N–H and O–H groups in total. The normalized spacial score (nSPS) is 15.3. The minimum absolute atomic E-state index is 0.251. The first-order valence-corrected chi connectivity index (χ1v) is 11.3. The Kier molecular flexibility index (Phi) is 6.22. The molecule has 0 saturated heterocycles. The molecule has 4 rings (SSSR count). The van der Waals surface area contributed by atoms with Crippen LogP contribution in [0, 0.1) is 12.8 Å². The van der Waals surface area contributed by atoms with E-state index in [0.717, 1.165) is 29.7 Å². The molecule has 1 atom stereocenters. The van der Waals surface area contributed by atoms with Gasteiger partial charge in [-0.3, -0.25) is 9.20 Å². The summed E-state index contributed by atoms with van der Waals surface area (Å²) in [5.41, 5.74) is 2.27. The fraction of sp³-hybridized carbons (Fsp3) is 0.409. The summed E-state index contributed by atoms with van der Waals surface area (Å²) in [4.78, 5) is 38.6. The lowest BCUT2D eigenvalue weighted by Gasteiger charge is -2.18. The number of fused-ring (bicyclic) bond motifs is 2. The van der Waals surface area contributed by atoms with E-state index in [4.69, 9.17) is 9.47 Å². The number of thiophene rings is 1. The van der Waals surface area contributed by atoms with E-state index in [1.165, 1.54) is 11.3 Å². The van der Waals surface area contributed by atoms with Crippen molar-refractivity contribution in [2.45, 2.75) is 40.0 Å². The van der Waals surface area contributed by atoms with E-state index in [1.54, 1.807) is 36.6 Å². The second-order valence-electron chi connectivity index (χ2n) is 7.79. The van der Waals surface area contributed by atoms with Gasteiger partial charge < -0.3 is 14.8 Å². The predicted octanol–water partition coefficient (Wildman–Crippen LogP) is 3.20. The highest BCUT2D eigenvalue weighted by molar-refractivity contribution is 7.17. The summed E-state index contributed by atoms with van der Waals surface area (Å²) in [5.74, 6) is -0.441. The molecule has 1 unspecified atom stereocenters. The molecule has 0 bridgehead atoms. The van der Waals surface area contributed by atoms with Crippen LogP contribution < -0.4 is 5.32 Å². The quantitative estimate of drug-likeness (QED) is 0.567. The molecule has 32 heavy (non-hydrogen) atoms. The van der Waals surface area contributed by atoms with E-state index < -0.39 is 24.5 Å². The van der Waals surface area contributed by atoms with Crippen LogP contribution in [0.3, 0.4) is 0 Å². The van der Waals surface area contributed by atoms with Crippen LogP contribution in [-0.2, 0) is 27.1 Å². The third-order valence-corrected chi connectivity index (χ3v) is 6.56. The van der Waals surface area contributed by atoms with Gasteiger partial charge in [-0.25, -0.2) is 9.59 Å². The molecule has 0 saturated carbocycles. The second kappa shape index (κ2) is 9.07. The van der Waals surface area contributed by atoms with Gasteiger partial charge in [0.2, 0.25) is 0 Å². The van der Waals surface area contributed by atoms with Gasteiger partial charge in [-0.05, 0) is 56.7 Å². The lowest BCUT2D eigenvalue weighted by molar-refractivity contribution is -0.119. The minimum atomic E-state index is -0.639. The number of aromatic nitrogens is 3. The highest BCUT2D eigenvalue weighted by Gasteiger charge is 2.29. The molecular weight excluding hydrogens is 432 g/mol. The Morgan fingerprint density at radius 2 is 2.03 bits per heavy atom. The van der Waals surface area contributed by atoms with Crippen molar-refractivity contribution in [2.24, 2.45) is 5.92 Å². The lowest BCUT2D eigenvalue weighted by Crippen LogP contribution is -2.22. The Balaban J connectivity index is 1.45. The Bertz CT molecular complexity index is 1200. The number of pyridine rings is 1. The Labute approximate surface area is 188 Å². The van der Waals surface area contributed by atoms with Crippen LogP contribution in [0.25, 0.3) is 5.65 Å². The maximum absolute atomic E-state index is 12.6. The summed E-state index contributed by atoms with van der Waals surface area (Å²) in [6, 6.07) is 3.22. The van der Waals surface area contributed by atoms with Crippen molar-refractivity contribution in [2.75, 3.05) is 18.5 Å². The molecule has 1 aliphatic carbocycles. The summed E-state index contributed by atoms with van der Waals surface area (Å²) in [7, 11) is 0.